The molecule has 146 valence electrons. The van der Waals surface area contributed by atoms with Crippen LogP contribution in [0.25, 0.3) is 5.69 Å². The zero-order valence-electron chi connectivity index (χ0n) is 14.3. The van der Waals surface area contributed by atoms with Gasteiger partial charge in [-0.2, -0.15) is 13.9 Å². The minimum absolute atomic E-state index is 0.218. The Morgan fingerprint density at radius 3 is 2.46 bits per heavy atom. The van der Waals surface area contributed by atoms with Gasteiger partial charge in [-0.3, -0.25) is 4.79 Å². The molecule has 1 N–H and O–H groups in total. The van der Waals surface area contributed by atoms with Gasteiger partial charge in [0, 0.05) is 6.92 Å². The van der Waals surface area contributed by atoms with Crippen molar-refractivity contribution < 1.29 is 22.4 Å². The summed E-state index contributed by atoms with van der Waals surface area (Å²) in [5, 5.41) is 5.91. The highest BCUT2D eigenvalue weighted by Gasteiger charge is 2.34. The lowest BCUT2D eigenvalue weighted by atomic mass is 10.1. The fraction of sp³-hybridized carbons (Fsp3) is 0.167. The second-order valence-corrected chi connectivity index (χ2v) is 6.25. The lowest BCUT2D eigenvalue weighted by Gasteiger charge is -2.16. The SMILES string of the molecule is CC(F)(F)c1c(NC(=O)c2ccc(Cl)nc2C(F)F)cnn1-c1ccccc1. The first-order valence-electron chi connectivity index (χ1n) is 7.96. The Bertz CT molecular complexity index is 1000. The lowest BCUT2D eigenvalue weighted by Crippen LogP contribution is -2.20. The largest absolute Gasteiger partial charge is 0.319 e. The number of aromatic nitrogens is 3. The number of carbonyl (C=O) groups is 1. The maximum absolute atomic E-state index is 14.2. The summed E-state index contributed by atoms with van der Waals surface area (Å²) in [6, 6.07) is 10.3. The molecule has 0 saturated carbocycles. The number of anilines is 1. The van der Waals surface area contributed by atoms with E-state index >= 15 is 0 Å². The molecule has 0 spiro atoms. The van der Waals surface area contributed by atoms with Crippen molar-refractivity contribution in [2.75, 3.05) is 5.32 Å². The molecular weight excluding hydrogens is 400 g/mol. The molecule has 2 aromatic heterocycles. The van der Waals surface area contributed by atoms with Gasteiger partial charge in [-0.25, -0.2) is 18.4 Å². The van der Waals surface area contributed by atoms with E-state index in [0.29, 0.717) is 12.6 Å². The predicted molar refractivity (Wildman–Crippen MR) is 95.3 cm³/mol. The van der Waals surface area contributed by atoms with E-state index in [0.717, 1.165) is 23.0 Å². The molecule has 0 fully saturated rings. The van der Waals surface area contributed by atoms with Crippen LogP contribution in [0.2, 0.25) is 5.15 Å². The molecule has 0 bridgehead atoms. The van der Waals surface area contributed by atoms with E-state index in [1.807, 2.05) is 0 Å². The van der Waals surface area contributed by atoms with Crippen molar-refractivity contribution in [3.63, 3.8) is 0 Å². The molecule has 3 rings (SSSR count). The van der Waals surface area contributed by atoms with Crippen LogP contribution in [0.5, 0.6) is 0 Å². The second kappa shape index (κ2) is 7.59. The molecule has 28 heavy (non-hydrogen) atoms. The topological polar surface area (TPSA) is 59.8 Å². The van der Waals surface area contributed by atoms with Gasteiger partial charge in [-0.15, -0.1) is 0 Å². The number of benzene rings is 1. The van der Waals surface area contributed by atoms with E-state index in [9.17, 15) is 22.4 Å². The average Bonchev–Trinajstić information content (AvgIpc) is 3.06. The highest BCUT2D eigenvalue weighted by molar-refractivity contribution is 6.29. The molecule has 1 amide bonds. The maximum atomic E-state index is 14.2. The number of carbonyl (C=O) groups excluding carboxylic acids is 1. The number of hydrogen-bond acceptors (Lipinski definition) is 3. The van der Waals surface area contributed by atoms with Crippen molar-refractivity contribution >= 4 is 23.2 Å². The summed E-state index contributed by atoms with van der Waals surface area (Å²) in [7, 11) is 0. The minimum Gasteiger partial charge on any atom is -0.319 e. The molecule has 3 aromatic rings. The molecule has 5 nitrogen and oxygen atoms in total. The van der Waals surface area contributed by atoms with E-state index in [1.54, 1.807) is 30.3 Å². The number of nitrogens with one attached hydrogen (secondary N) is 1. The molecule has 0 aliphatic rings. The van der Waals surface area contributed by atoms with Gasteiger partial charge < -0.3 is 5.32 Å². The van der Waals surface area contributed by atoms with Crippen LogP contribution in [0.15, 0.2) is 48.7 Å². The normalized spacial score (nSPS) is 11.7. The minimum atomic E-state index is -3.38. The monoisotopic (exact) mass is 412 g/mol. The molecule has 0 atom stereocenters. The van der Waals surface area contributed by atoms with Crippen molar-refractivity contribution in [1.29, 1.82) is 0 Å². The van der Waals surface area contributed by atoms with Gasteiger partial charge in [0.05, 0.1) is 23.1 Å². The van der Waals surface area contributed by atoms with E-state index < -0.39 is 35.2 Å². The van der Waals surface area contributed by atoms with Crippen LogP contribution >= 0.6 is 11.6 Å². The van der Waals surface area contributed by atoms with Crippen LogP contribution in [-0.4, -0.2) is 20.7 Å². The molecule has 0 saturated heterocycles. The summed E-state index contributed by atoms with van der Waals surface area (Å²) in [5.74, 6) is -4.41. The molecule has 0 radical (unpaired) electrons. The molecule has 0 aliphatic heterocycles. The number of nitrogens with zero attached hydrogens (tertiary/aromatic N) is 3. The van der Waals surface area contributed by atoms with Gasteiger partial charge in [0.2, 0.25) is 0 Å². The van der Waals surface area contributed by atoms with Crippen LogP contribution in [0.1, 0.15) is 35.1 Å². The number of para-hydroxylation sites is 1. The molecule has 0 aliphatic carbocycles. The quantitative estimate of drug-likeness (QED) is 0.461. The van der Waals surface area contributed by atoms with Crippen LogP contribution in [0.4, 0.5) is 23.2 Å². The summed E-state index contributed by atoms with van der Waals surface area (Å²) in [5.41, 5.74) is -1.87. The van der Waals surface area contributed by atoms with Crippen LogP contribution in [-0.2, 0) is 5.92 Å². The highest BCUT2D eigenvalue weighted by Crippen LogP contribution is 2.35. The number of alkyl halides is 4. The van der Waals surface area contributed by atoms with Gasteiger partial charge in [0.25, 0.3) is 18.3 Å². The Morgan fingerprint density at radius 1 is 1.18 bits per heavy atom. The van der Waals surface area contributed by atoms with Gasteiger partial charge in [-0.05, 0) is 24.3 Å². The summed E-state index contributed by atoms with van der Waals surface area (Å²) in [6.07, 6.45) is -2.04. The molecular formula is C18H13ClF4N4O. The Balaban J connectivity index is 2.02. The fourth-order valence-corrected chi connectivity index (χ4v) is 2.78. The third-order valence-corrected chi connectivity index (χ3v) is 3.99. The van der Waals surface area contributed by atoms with E-state index in [-0.39, 0.29) is 10.8 Å². The van der Waals surface area contributed by atoms with E-state index in [1.165, 1.54) is 0 Å². The standard InChI is InChI=1S/C18H13ClF4N4O/c1-18(22,23)15-12(9-24-27(15)10-5-3-2-4-6-10)25-17(28)11-7-8-13(19)26-14(11)16(20)21/h2-9,16H,1H3,(H,25,28). The number of rotatable bonds is 5. The van der Waals surface area contributed by atoms with Gasteiger partial charge in [0.15, 0.2) is 0 Å². The van der Waals surface area contributed by atoms with E-state index in [2.05, 4.69) is 15.4 Å². The zero-order chi connectivity index (χ0) is 20.5. The van der Waals surface area contributed by atoms with Crippen molar-refractivity contribution in [3.8, 4) is 5.69 Å². The lowest BCUT2D eigenvalue weighted by molar-refractivity contribution is 0.0110. The number of halogens is 5. The van der Waals surface area contributed by atoms with E-state index in [4.69, 9.17) is 11.6 Å². The molecule has 1 aromatic carbocycles. The molecule has 2 heterocycles. The summed E-state index contributed by atoms with van der Waals surface area (Å²) >= 11 is 5.59. The Kier molecular flexibility index (Phi) is 5.37. The summed E-state index contributed by atoms with van der Waals surface area (Å²) in [6.45, 7) is 0.646. The predicted octanol–water partition coefficient (Wildman–Crippen LogP) is 5.22. The number of pyridine rings is 1. The smallest absolute Gasteiger partial charge is 0.289 e. The Labute approximate surface area is 162 Å². The first-order valence-corrected chi connectivity index (χ1v) is 8.34. The van der Waals surface area contributed by atoms with Crippen molar-refractivity contribution in [2.24, 2.45) is 0 Å². The van der Waals surface area contributed by atoms with Crippen LogP contribution < -0.4 is 5.32 Å². The van der Waals surface area contributed by atoms with Crippen molar-refractivity contribution in [2.45, 2.75) is 19.3 Å². The fourth-order valence-electron chi connectivity index (χ4n) is 2.63. The van der Waals surface area contributed by atoms with Gasteiger partial charge in [-0.1, -0.05) is 29.8 Å². The second-order valence-electron chi connectivity index (χ2n) is 5.86. The highest BCUT2D eigenvalue weighted by atomic mass is 35.5. The van der Waals surface area contributed by atoms with Crippen LogP contribution in [0.3, 0.4) is 0 Å². The summed E-state index contributed by atoms with van der Waals surface area (Å²) < 4.78 is 55.8. The number of hydrogen-bond donors (Lipinski definition) is 1. The van der Waals surface area contributed by atoms with Gasteiger partial charge >= 0.3 is 0 Å². The van der Waals surface area contributed by atoms with Gasteiger partial charge in [0.1, 0.15) is 16.5 Å². The van der Waals surface area contributed by atoms with Crippen molar-refractivity contribution in [1.82, 2.24) is 14.8 Å². The average molecular weight is 413 g/mol. The Hall–Kier alpha value is -2.94. The van der Waals surface area contributed by atoms with Crippen molar-refractivity contribution in [3.05, 3.63) is 70.8 Å². The van der Waals surface area contributed by atoms with Crippen LogP contribution in [0, 0.1) is 0 Å². The third kappa shape index (κ3) is 3.99. The first kappa shape index (κ1) is 19.8. The third-order valence-electron chi connectivity index (χ3n) is 3.78. The number of amides is 1. The zero-order valence-corrected chi connectivity index (χ0v) is 15.1. The molecule has 10 heteroatoms. The summed E-state index contributed by atoms with van der Waals surface area (Å²) in [4.78, 5) is 15.9. The first-order chi connectivity index (χ1) is 13.2. The Morgan fingerprint density at radius 2 is 1.86 bits per heavy atom. The molecule has 0 unspecified atom stereocenters. The maximum Gasteiger partial charge on any atom is 0.289 e.